The molecule has 0 fully saturated rings. The summed E-state index contributed by atoms with van der Waals surface area (Å²) in [6.07, 6.45) is 0. The molecule has 0 aliphatic rings. The zero-order valence-electron chi connectivity index (χ0n) is 21.6. The van der Waals surface area contributed by atoms with Crippen molar-refractivity contribution in [1.82, 2.24) is 4.98 Å². The SMILES string of the molecule is COc1ccc(C(=O)Nc2cccc(SC(C(=O)Nc3nc(-c4ccc(Cl)cc4Cl)cs3)c3ccccc3)c2)cc1. The van der Waals surface area contributed by atoms with E-state index in [0.717, 1.165) is 16.0 Å². The van der Waals surface area contributed by atoms with E-state index in [1.807, 2.05) is 60.0 Å². The first-order chi connectivity index (χ1) is 19.9. The number of thiazole rings is 1. The molecule has 0 aliphatic heterocycles. The maximum atomic E-state index is 13.6. The molecule has 2 amide bonds. The minimum absolute atomic E-state index is 0.225. The van der Waals surface area contributed by atoms with Crippen LogP contribution in [0.4, 0.5) is 10.8 Å². The summed E-state index contributed by atoms with van der Waals surface area (Å²) in [5.41, 5.74) is 3.34. The monoisotopic (exact) mass is 619 g/mol. The Labute approximate surface area is 255 Å². The van der Waals surface area contributed by atoms with Crippen LogP contribution < -0.4 is 15.4 Å². The number of halogens is 2. The fourth-order valence-electron chi connectivity index (χ4n) is 3.95. The van der Waals surface area contributed by atoms with Gasteiger partial charge in [-0.15, -0.1) is 23.1 Å². The van der Waals surface area contributed by atoms with E-state index in [9.17, 15) is 9.59 Å². The number of nitrogens with one attached hydrogen (secondary N) is 2. The molecule has 6 nitrogen and oxygen atoms in total. The normalized spacial score (nSPS) is 11.5. The van der Waals surface area contributed by atoms with Crippen molar-refractivity contribution in [3.05, 3.63) is 124 Å². The smallest absolute Gasteiger partial charge is 0.255 e. The average molecular weight is 621 g/mol. The number of anilines is 2. The van der Waals surface area contributed by atoms with Crippen molar-refractivity contribution >= 4 is 68.9 Å². The molecule has 0 saturated carbocycles. The van der Waals surface area contributed by atoms with Gasteiger partial charge in [0.2, 0.25) is 5.91 Å². The van der Waals surface area contributed by atoms with E-state index < -0.39 is 5.25 Å². The average Bonchev–Trinajstić information content (AvgIpc) is 3.44. The third-order valence-corrected chi connectivity index (χ3v) is 8.53. The van der Waals surface area contributed by atoms with Crippen LogP contribution in [0.3, 0.4) is 0 Å². The summed E-state index contributed by atoms with van der Waals surface area (Å²) < 4.78 is 5.16. The number of benzene rings is 4. The first kappa shape index (κ1) is 28.7. The molecule has 4 aromatic carbocycles. The van der Waals surface area contributed by atoms with E-state index in [4.69, 9.17) is 27.9 Å². The van der Waals surface area contributed by atoms with Crippen LogP contribution >= 0.6 is 46.3 Å². The molecule has 0 saturated heterocycles. The molecule has 5 aromatic rings. The van der Waals surface area contributed by atoms with Crippen LogP contribution in [-0.4, -0.2) is 23.9 Å². The van der Waals surface area contributed by atoms with Gasteiger partial charge in [-0.2, -0.15) is 0 Å². The van der Waals surface area contributed by atoms with Crippen molar-refractivity contribution in [3.63, 3.8) is 0 Å². The number of rotatable bonds is 9. The summed E-state index contributed by atoms with van der Waals surface area (Å²) in [6, 6.07) is 29.0. The summed E-state index contributed by atoms with van der Waals surface area (Å²) >= 11 is 15.1. The number of carbonyl (C=O) groups is 2. The highest BCUT2D eigenvalue weighted by Crippen LogP contribution is 2.38. The lowest BCUT2D eigenvalue weighted by molar-refractivity contribution is -0.115. The molecule has 2 N–H and O–H groups in total. The lowest BCUT2D eigenvalue weighted by atomic mass is 10.1. The summed E-state index contributed by atoms with van der Waals surface area (Å²) in [6.45, 7) is 0. The molecule has 5 rings (SSSR count). The summed E-state index contributed by atoms with van der Waals surface area (Å²) in [5, 5.41) is 8.62. The Kier molecular flexibility index (Phi) is 9.26. The fourth-order valence-corrected chi connectivity index (χ4v) is 6.25. The molecule has 1 atom stereocenters. The summed E-state index contributed by atoms with van der Waals surface area (Å²) in [7, 11) is 1.58. The molecular formula is C31H23Cl2N3O3S2. The van der Waals surface area contributed by atoms with E-state index in [1.54, 1.807) is 49.6 Å². The van der Waals surface area contributed by atoms with E-state index in [-0.39, 0.29) is 11.8 Å². The molecule has 0 bridgehead atoms. The minimum Gasteiger partial charge on any atom is -0.497 e. The zero-order valence-corrected chi connectivity index (χ0v) is 24.8. The molecule has 41 heavy (non-hydrogen) atoms. The maximum absolute atomic E-state index is 13.6. The van der Waals surface area contributed by atoms with E-state index in [1.165, 1.54) is 23.1 Å². The Bertz CT molecular complexity index is 1680. The molecule has 0 radical (unpaired) electrons. The van der Waals surface area contributed by atoms with Gasteiger partial charge >= 0.3 is 0 Å². The van der Waals surface area contributed by atoms with E-state index >= 15 is 0 Å². The van der Waals surface area contributed by atoms with Gasteiger partial charge in [0.05, 0.1) is 17.8 Å². The number of amides is 2. The van der Waals surface area contributed by atoms with Gasteiger partial charge in [0.1, 0.15) is 11.0 Å². The number of hydrogen-bond donors (Lipinski definition) is 2. The molecule has 0 spiro atoms. The molecule has 1 aromatic heterocycles. The number of aromatic nitrogens is 1. The van der Waals surface area contributed by atoms with Crippen molar-refractivity contribution < 1.29 is 14.3 Å². The standard InChI is InChI=1S/C31H23Cl2N3O3S2/c1-39-23-13-10-20(11-14-23)29(37)34-22-8-5-9-24(17-22)41-28(19-6-3-2-4-7-19)30(38)36-31-35-27(18-40-31)25-15-12-21(32)16-26(25)33/h2-18,28H,1H3,(H,34,37)(H,35,36,38). The van der Waals surface area contributed by atoms with Crippen LogP contribution in [0.25, 0.3) is 11.3 Å². The Morgan fingerprint density at radius 1 is 0.902 bits per heavy atom. The van der Waals surface area contributed by atoms with E-state index in [2.05, 4.69) is 15.6 Å². The second-order valence-electron chi connectivity index (χ2n) is 8.77. The molecular weight excluding hydrogens is 597 g/mol. The maximum Gasteiger partial charge on any atom is 0.255 e. The van der Waals surface area contributed by atoms with Gasteiger partial charge in [-0.25, -0.2) is 4.98 Å². The predicted molar refractivity (Wildman–Crippen MR) is 169 cm³/mol. The number of carbonyl (C=O) groups excluding carboxylic acids is 2. The Balaban J connectivity index is 1.33. The van der Waals surface area contributed by atoms with Gasteiger partial charge in [0.25, 0.3) is 5.91 Å². The van der Waals surface area contributed by atoms with E-state index in [0.29, 0.717) is 37.9 Å². The molecule has 0 aliphatic carbocycles. The van der Waals surface area contributed by atoms with Crippen LogP contribution in [0.15, 0.2) is 107 Å². The van der Waals surface area contributed by atoms with Gasteiger partial charge in [-0.3, -0.25) is 9.59 Å². The van der Waals surface area contributed by atoms with Crippen molar-refractivity contribution in [2.24, 2.45) is 0 Å². The number of ether oxygens (including phenoxy) is 1. The van der Waals surface area contributed by atoms with Crippen LogP contribution in [0.2, 0.25) is 10.0 Å². The largest absolute Gasteiger partial charge is 0.497 e. The second-order valence-corrected chi connectivity index (χ2v) is 11.7. The van der Waals surface area contributed by atoms with Gasteiger partial charge in [-0.05, 0) is 66.2 Å². The second kappa shape index (κ2) is 13.2. The van der Waals surface area contributed by atoms with Crippen LogP contribution in [-0.2, 0) is 4.79 Å². The molecule has 206 valence electrons. The minimum atomic E-state index is -0.574. The Hall–Kier alpha value is -3.82. The fraction of sp³-hybridized carbons (Fsp3) is 0.0645. The summed E-state index contributed by atoms with van der Waals surface area (Å²) in [5.74, 6) is 0.206. The highest BCUT2D eigenvalue weighted by Gasteiger charge is 2.24. The molecule has 1 unspecified atom stereocenters. The molecule has 10 heteroatoms. The first-order valence-corrected chi connectivity index (χ1v) is 14.9. The highest BCUT2D eigenvalue weighted by molar-refractivity contribution is 8.00. The molecule has 1 heterocycles. The number of methoxy groups -OCH3 is 1. The van der Waals surface area contributed by atoms with Crippen LogP contribution in [0.1, 0.15) is 21.2 Å². The first-order valence-electron chi connectivity index (χ1n) is 12.4. The van der Waals surface area contributed by atoms with Crippen molar-refractivity contribution in [1.29, 1.82) is 0 Å². The Morgan fingerprint density at radius 2 is 1.68 bits per heavy atom. The number of nitrogens with zero attached hydrogens (tertiary/aromatic N) is 1. The van der Waals surface area contributed by atoms with Crippen LogP contribution in [0.5, 0.6) is 5.75 Å². The van der Waals surface area contributed by atoms with Crippen molar-refractivity contribution in [2.75, 3.05) is 17.7 Å². The summed E-state index contributed by atoms with van der Waals surface area (Å²) in [4.78, 5) is 31.8. The Morgan fingerprint density at radius 3 is 2.41 bits per heavy atom. The predicted octanol–water partition coefficient (Wildman–Crippen LogP) is 8.85. The third-order valence-electron chi connectivity index (χ3n) is 5.98. The van der Waals surface area contributed by atoms with Crippen LogP contribution in [0, 0.1) is 0 Å². The van der Waals surface area contributed by atoms with Gasteiger partial charge < -0.3 is 15.4 Å². The lowest BCUT2D eigenvalue weighted by Crippen LogP contribution is -2.19. The quantitative estimate of drug-likeness (QED) is 0.161. The number of thioether (sulfide) groups is 1. The van der Waals surface area contributed by atoms with Crippen molar-refractivity contribution in [3.8, 4) is 17.0 Å². The zero-order chi connectivity index (χ0) is 28.8. The topological polar surface area (TPSA) is 80.3 Å². The van der Waals surface area contributed by atoms with Gasteiger partial charge in [0.15, 0.2) is 5.13 Å². The third kappa shape index (κ3) is 7.28. The van der Waals surface area contributed by atoms with Gasteiger partial charge in [0, 0.05) is 32.1 Å². The number of hydrogen-bond acceptors (Lipinski definition) is 6. The van der Waals surface area contributed by atoms with Gasteiger partial charge in [-0.1, -0.05) is 59.6 Å². The van der Waals surface area contributed by atoms with Crippen molar-refractivity contribution in [2.45, 2.75) is 10.1 Å². The lowest BCUT2D eigenvalue weighted by Gasteiger charge is -2.17. The highest BCUT2D eigenvalue weighted by atomic mass is 35.5.